The molecule has 1 aromatic carbocycles. The van der Waals surface area contributed by atoms with Crippen LogP contribution in [0.4, 0.5) is 10.1 Å². The minimum atomic E-state index is -0.791. The molecular formula is C16H23FN2O2. The molecule has 1 aliphatic heterocycles. The number of hydrogen-bond acceptors (Lipinski definition) is 3. The Bertz CT molecular complexity index is 570. The van der Waals surface area contributed by atoms with Crippen molar-refractivity contribution in [2.45, 2.75) is 39.3 Å². The molecule has 2 rings (SSSR count). The molecule has 0 spiro atoms. The molecular weight excluding hydrogens is 271 g/mol. The Labute approximate surface area is 125 Å². The van der Waals surface area contributed by atoms with E-state index < -0.39 is 11.6 Å². The molecule has 0 aromatic heterocycles. The molecule has 1 atom stereocenters. The molecule has 1 heterocycles. The highest BCUT2D eigenvalue weighted by Crippen LogP contribution is 2.35. The number of aryl methyl sites for hydroxylation is 1. The molecule has 1 saturated heterocycles. The molecule has 1 amide bonds. The summed E-state index contributed by atoms with van der Waals surface area (Å²) in [5, 5.41) is 9.95. The van der Waals surface area contributed by atoms with Crippen molar-refractivity contribution in [3.63, 3.8) is 0 Å². The number of hydrogen-bond donors (Lipinski definition) is 1. The van der Waals surface area contributed by atoms with Crippen molar-refractivity contribution in [1.82, 2.24) is 4.90 Å². The quantitative estimate of drug-likeness (QED) is 0.910. The van der Waals surface area contributed by atoms with Crippen LogP contribution in [0.15, 0.2) is 12.1 Å². The number of carbonyl (C=O) groups is 1. The van der Waals surface area contributed by atoms with Crippen molar-refractivity contribution in [3.8, 4) is 0 Å². The van der Waals surface area contributed by atoms with Crippen LogP contribution in [-0.2, 0) is 4.79 Å². The average molecular weight is 294 g/mol. The van der Waals surface area contributed by atoms with Gasteiger partial charge in [-0.15, -0.1) is 0 Å². The monoisotopic (exact) mass is 294 g/mol. The van der Waals surface area contributed by atoms with Crippen LogP contribution in [0, 0.1) is 12.7 Å². The number of aliphatic hydroxyl groups excluding tert-OH is 1. The fourth-order valence-corrected chi connectivity index (χ4v) is 2.89. The molecule has 1 fully saturated rings. The van der Waals surface area contributed by atoms with Crippen molar-refractivity contribution >= 4 is 11.6 Å². The van der Waals surface area contributed by atoms with Crippen molar-refractivity contribution in [1.29, 1.82) is 0 Å². The van der Waals surface area contributed by atoms with Crippen molar-refractivity contribution in [2.24, 2.45) is 0 Å². The first-order valence-corrected chi connectivity index (χ1v) is 7.17. The maximum absolute atomic E-state index is 13.8. The molecule has 21 heavy (non-hydrogen) atoms. The Hall–Kier alpha value is -1.62. The van der Waals surface area contributed by atoms with Crippen LogP contribution < -0.4 is 4.90 Å². The van der Waals surface area contributed by atoms with Gasteiger partial charge in [0.1, 0.15) is 11.4 Å². The molecule has 0 radical (unpaired) electrons. The normalized spacial score (nSPS) is 19.9. The second-order valence-electron chi connectivity index (χ2n) is 6.27. The Balaban J connectivity index is 2.55. The predicted molar refractivity (Wildman–Crippen MR) is 80.8 cm³/mol. The topological polar surface area (TPSA) is 43.8 Å². The van der Waals surface area contributed by atoms with Crippen molar-refractivity contribution < 1.29 is 14.3 Å². The van der Waals surface area contributed by atoms with Crippen LogP contribution >= 0.6 is 0 Å². The number of piperazine rings is 1. The van der Waals surface area contributed by atoms with Gasteiger partial charge < -0.3 is 14.9 Å². The fourth-order valence-electron chi connectivity index (χ4n) is 2.89. The molecule has 0 aliphatic carbocycles. The van der Waals surface area contributed by atoms with Gasteiger partial charge in [-0.2, -0.15) is 0 Å². The van der Waals surface area contributed by atoms with Crippen LogP contribution in [0.3, 0.4) is 0 Å². The largest absolute Gasteiger partial charge is 0.389 e. The van der Waals surface area contributed by atoms with Crippen molar-refractivity contribution in [2.75, 3.05) is 25.0 Å². The number of anilines is 1. The zero-order valence-corrected chi connectivity index (χ0v) is 13.3. The lowest BCUT2D eigenvalue weighted by Gasteiger charge is -2.47. The highest BCUT2D eigenvalue weighted by molar-refractivity contribution is 5.90. The molecule has 116 valence electrons. The van der Waals surface area contributed by atoms with E-state index >= 15 is 0 Å². The third-order valence-electron chi connectivity index (χ3n) is 4.25. The number of rotatable bonds is 2. The van der Waals surface area contributed by atoms with Crippen molar-refractivity contribution in [3.05, 3.63) is 29.1 Å². The first kappa shape index (κ1) is 15.8. The van der Waals surface area contributed by atoms with E-state index in [9.17, 15) is 14.3 Å². The van der Waals surface area contributed by atoms with Crippen LogP contribution in [-0.4, -0.2) is 41.6 Å². The standard InChI is InChI=1S/C16H23FN2O2/c1-10-8-14(12(11(2)20)9-13(10)17)19-7-6-18(5)15(21)16(19,3)4/h8-9,11,20H,6-7H2,1-5H3/t11-/m0/s1. The number of carbonyl (C=O) groups excluding carboxylic acids is 1. The highest BCUT2D eigenvalue weighted by Gasteiger charge is 2.41. The molecule has 4 nitrogen and oxygen atoms in total. The van der Waals surface area contributed by atoms with E-state index in [4.69, 9.17) is 0 Å². The lowest BCUT2D eigenvalue weighted by atomic mass is 9.94. The molecule has 1 N–H and O–H groups in total. The Morgan fingerprint density at radius 1 is 1.33 bits per heavy atom. The minimum absolute atomic E-state index is 0.0206. The SMILES string of the molecule is Cc1cc(N2CCN(C)C(=O)C2(C)C)c([C@H](C)O)cc1F. The van der Waals surface area contributed by atoms with Crippen LogP contribution in [0.1, 0.15) is 38.0 Å². The van der Waals surface area contributed by atoms with Gasteiger partial charge in [-0.1, -0.05) is 0 Å². The van der Waals surface area contributed by atoms with Gasteiger partial charge >= 0.3 is 0 Å². The first-order valence-electron chi connectivity index (χ1n) is 7.17. The molecule has 5 heteroatoms. The summed E-state index contributed by atoms with van der Waals surface area (Å²) in [6.45, 7) is 8.27. The van der Waals surface area contributed by atoms with Gasteiger partial charge in [-0.05, 0) is 45.4 Å². The van der Waals surface area contributed by atoms with Gasteiger partial charge in [0, 0.05) is 31.4 Å². The molecule has 1 aliphatic rings. The van der Waals surface area contributed by atoms with E-state index in [2.05, 4.69) is 0 Å². The van der Waals surface area contributed by atoms with E-state index in [1.807, 2.05) is 18.7 Å². The zero-order chi connectivity index (χ0) is 15.9. The number of likely N-dealkylation sites (N-methyl/N-ethyl adjacent to an activating group) is 1. The van der Waals surface area contributed by atoms with Crippen LogP contribution in [0.2, 0.25) is 0 Å². The van der Waals surface area contributed by atoms with Gasteiger partial charge in [-0.25, -0.2) is 4.39 Å². The van der Waals surface area contributed by atoms with Crippen LogP contribution in [0.25, 0.3) is 0 Å². The zero-order valence-electron chi connectivity index (χ0n) is 13.3. The van der Waals surface area contributed by atoms with E-state index in [1.165, 1.54) is 6.07 Å². The number of benzene rings is 1. The summed E-state index contributed by atoms with van der Waals surface area (Å²) >= 11 is 0. The maximum atomic E-state index is 13.8. The van der Waals surface area contributed by atoms with Gasteiger partial charge in [0.15, 0.2) is 0 Å². The van der Waals surface area contributed by atoms with Gasteiger partial charge in [0.2, 0.25) is 5.91 Å². The summed E-state index contributed by atoms with van der Waals surface area (Å²) in [6, 6.07) is 3.09. The Kier molecular flexibility index (Phi) is 3.97. The summed E-state index contributed by atoms with van der Waals surface area (Å²) in [5.41, 5.74) is 1.04. The first-order chi connectivity index (χ1) is 9.66. The molecule has 0 saturated carbocycles. The fraction of sp³-hybridized carbons (Fsp3) is 0.562. The summed E-state index contributed by atoms with van der Waals surface area (Å²) in [6.07, 6.45) is -0.791. The van der Waals surface area contributed by atoms with Gasteiger partial charge in [0.05, 0.1) is 6.10 Å². The van der Waals surface area contributed by atoms with E-state index in [0.717, 1.165) is 5.69 Å². The smallest absolute Gasteiger partial charge is 0.247 e. The predicted octanol–water partition coefficient (Wildman–Crippen LogP) is 2.24. The maximum Gasteiger partial charge on any atom is 0.247 e. The summed E-state index contributed by atoms with van der Waals surface area (Å²) in [4.78, 5) is 16.1. The second-order valence-corrected chi connectivity index (χ2v) is 6.27. The lowest BCUT2D eigenvalue weighted by molar-refractivity contribution is -0.136. The molecule has 0 unspecified atom stereocenters. The second kappa shape index (κ2) is 5.30. The van der Waals surface area contributed by atoms with Gasteiger partial charge in [-0.3, -0.25) is 4.79 Å². The number of aliphatic hydroxyl groups is 1. The third kappa shape index (κ3) is 2.62. The van der Waals surface area contributed by atoms with Gasteiger partial charge in [0.25, 0.3) is 0 Å². The van der Waals surface area contributed by atoms with E-state index in [0.29, 0.717) is 24.2 Å². The van der Waals surface area contributed by atoms with Crippen LogP contribution in [0.5, 0.6) is 0 Å². The van der Waals surface area contributed by atoms with E-state index in [-0.39, 0.29) is 11.7 Å². The number of halogens is 1. The average Bonchev–Trinajstić information content (AvgIpc) is 2.39. The Morgan fingerprint density at radius 2 is 1.95 bits per heavy atom. The summed E-state index contributed by atoms with van der Waals surface area (Å²) in [5.74, 6) is -0.319. The third-order valence-corrected chi connectivity index (χ3v) is 4.25. The molecule has 1 aromatic rings. The lowest BCUT2D eigenvalue weighted by Crippen LogP contribution is -2.62. The number of nitrogens with zero attached hydrogens (tertiary/aromatic N) is 2. The summed E-state index contributed by atoms with van der Waals surface area (Å²) < 4.78 is 13.8. The van der Waals surface area contributed by atoms with E-state index in [1.54, 1.807) is 31.9 Å². The Morgan fingerprint density at radius 3 is 2.52 bits per heavy atom. The summed E-state index contributed by atoms with van der Waals surface area (Å²) in [7, 11) is 1.78. The number of amides is 1. The minimum Gasteiger partial charge on any atom is -0.389 e. The molecule has 0 bridgehead atoms. The highest BCUT2D eigenvalue weighted by atomic mass is 19.1.